The summed E-state index contributed by atoms with van der Waals surface area (Å²) in [6, 6.07) is 10.8. The smallest absolute Gasteiger partial charge is 0.163 e. The van der Waals surface area contributed by atoms with Gasteiger partial charge in [0.05, 0.1) is 0 Å². The molecular formula is C15H14Cl2N4. The molecule has 0 aliphatic rings. The van der Waals surface area contributed by atoms with Crippen LogP contribution in [0.25, 0.3) is 0 Å². The normalized spacial score (nSPS) is 11.0. The first-order chi connectivity index (χ1) is 9.89. The zero-order valence-corrected chi connectivity index (χ0v) is 13.2. The number of aromatic nitrogens is 2. The molecule has 2 aromatic rings. The number of halogens is 2. The Bertz CT molecular complexity index is 675. The van der Waals surface area contributed by atoms with Gasteiger partial charge in [0, 0.05) is 15.6 Å². The minimum atomic E-state index is -0.277. The molecule has 21 heavy (non-hydrogen) atoms. The van der Waals surface area contributed by atoms with E-state index in [2.05, 4.69) is 15.5 Å². The monoisotopic (exact) mass is 320 g/mol. The Morgan fingerprint density at radius 3 is 2.52 bits per heavy atom. The van der Waals surface area contributed by atoms with Gasteiger partial charge < -0.3 is 5.32 Å². The molecule has 0 atom stereocenters. The first kappa shape index (κ1) is 15.6. The number of nitriles is 1. The quantitative estimate of drug-likeness (QED) is 0.921. The largest absolute Gasteiger partial charge is 0.363 e. The second-order valence-electron chi connectivity index (χ2n) is 5.34. The predicted molar refractivity (Wildman–Crippen MR) is 84.6 cm³/mol. The molecule has 0 saturated carbocycles. The van der Waals surface area contributed by atoms with Crippen LogP contribution in [0.15, 0.2) is 30.3 Å². The van der Waals surface area contributed by atoms with Gasteiger partial charge in [-0.1, -0.05) is 29.3 Å². The molecule has 0 radical (unpaired) electrons. The first-order valence-corrected chi connectivity index (χ1v) is 7.11. The van der Waals surface area contributed by atoms with Crippen molar-refractivity contribution in [2.45, 2.75) is 25.8 Å². The summed E-state index contributed by atoms with van der Waals surface area (Å²) in [5, 5.41) is 21.0. The summed E-state index contributed by atoms with van der Waals surface area (Å²) >= 11 is 12.1. The van der Waals surface area contributed by atoms with E-state index in [1.807, 2.05) is 32.0 Å². The molecule has 0 spiro atoms. The van der Waals surface area contributed by atoms with Crippen molar-refractivity contribution in [3.8, 4) is 6.07 Å². The van der Waals surface area contributed by atoms with Crippen LogP contribution in [-0.4, -0.2) is 15.7 Å². The second-order valence-corrected chi connectivity index (χ2v) is 6.18. The SMILES string of the molecule is CC(C)(Cc1ccc(Cl)cc1Cl)Nc1ccc(C#N)nn1. The van der Waals surface area contributed by atoms with Gasteiger partial charge in [-0.05, 0) is 50.1 Å². The van der Waals surface area contributed by atoms with Gasteiger partial charge in [-0.15, -0.1) is 10.2 Å². The molecule has 0 bridgehead atoms. The molecule has 0 aliphatic heterocycles. The number of anilines is 1. The third-order valence-electron chi connectivity index (χ3n) is 2.89. The van der Waals surface area contributed by atoms with E-state index in [-0.39, 0.29) is 5.54 Å². The van der Waals surface area contributed by atoms with E-state index in [0.717, 1.165) is 5.56 Å². The van der Waals surface area contributed by atoms with Gasteiger partial charge in [0.1, 0.15) is 11.9 Å². The van der Waals surface area contributed by atoms with Gasteiger partial charge >= 0.3 is 0 Å². The van der Waals surface area contributed by atoms with Crippen molar-refractivity contribution in [2.75, 3.05) is 5.32 Å². The van der Waals surface area contributed by atoms with Crippen molar-refractivity contribution in [3.63, 3.8) is 0 Å². The Kier molecular flexibility index (Phi) is 4.66. The van der Waals surface area contributed by atoms with Crippen LogP contribution >= 0.6 is 23.2 Å². The first-order valence-electron chi connectivity index (χ1n) is 6.35. The van der Waals surface area contributed by atoms with E-state index < -0.39 is 0 Å². The molecule has 0 aliphatic carbocycles. The maximum Gasteiger partial charge on any atom is 0.163 e. The molecule has 1 heterocycles. The van der Waals surface area contributed by atoms with Crippen LogP contribution in [0.2, 0.25) is 10.0 Å². The molecule has 1 aromatic carbocycles. The zero-order valence-electron chi connectivity index (χ0n) is 11.7. The van der Waals surface area contributed by atoms with Crippen LogP contribution in [0.1, 0.15) is 25.1 Å². The number of hydrogen-bond acceptors (Lipinski definition) is 4. The van der Waals surface area contributed by atoms with Crippen molar-refractivity contribution >= 4 is 29.0 Å². The van der Waals surface area contributed by atoms with Gasteiger partial charge in [-0.2, -0.15) is 5.26 Å². The predicted octanol–water partition coefficient (Wildman–Crippen LogP) is 4.09. The lowest BCUT2D eigenvalue weighted by Gasteiger charge is -2.27. The summed E-state index contributed by atoms with van der Waals surface area (Å²) in [6.07, 6.45) is 0.699. The van der Waals surface area contributed by atoms with Crippen LogP contribution < -0.4 is 5.32 Å². The molecule has 4 nitrogen and oxygen atoms in total. The van der Waals surface area contributed by atoms with Crippen molar-refractivity contribution in [2.24, 2.45) is 0 Å². The Morgan fingerprint density at radius 2 is 1.95 bits per heavy atom. The van der Waals surface area contributed by atoms with Crippen molar-refractivity contribution in [3.05, 3.63) is 51.6 Å². The summed E-state index contributed by atoms with van der Waals surface area (Å²) in [4.78, 5) is 0. The summed E-state index contributed by atoms with van der Waals surface area (Å²) in [5.74, 6) is 0.615. The van der Waals surface area contributed by atoms with Crippen LogP contribution in [0.5, 0.6) is 0 Å². The molecule has 1 aromatic heterocycles. The lowest BCUT2D eigenvalue weighted by molar-refractivity contribution is 0.560. The Hall–Kier alpha value is -1.83. The van der Waals surface area contributed by atoms with Gasteiger partial charge in [0.15, 0.2) is 5.69 Å². The maximum atomic E-state index is 8.71. The van der Waals surface area contributed by atoms with Gasteiger partial charge in [0.2, 0.25) is 0 Å². The van der Waals surface area contributed by atoms with Crippen LogP contribution in [-0.2, 0) is 6.42 Å². The summed E-state index contributed by atoms with van der Waals surface area (Å²) in [5.41, 5.74) is 1.01. The molecule has 2 rings (SSSR count). The fourth-order valence-corrected chi connectivity index (χ4v) is 2.47. The van der Waals surface area contributed by atoms with Crippen molar-refractivity contribution < 1.29 is 0 Å². The van der Waals surface area contributed by atoms with Crippen LogP contribution in [0.4, 0.5) is 5.82 Å². The highest BCUT2D eigenvalue weighted by Gasteiger charge is 2.20. The molecule has 6 heteroatoms. The van der Waals surface area contributed by atoms with Gasteiger partial charge in [-0.25, -0.2) is 0 Å². The number of nitrogens with zero attached hydrogens (tertiary/aromatic N) is 3. The summed E-state index contributed by atoms with van der Waals surface area (Å²) in [7, 11) is 0. The molecule has 0 unspecified atom stereocenters. The van der Waals surface area contributed by atoms with E-state index in [1.165, 1.54) is 0 Å². The average molecular weight is 321 g/mol. The Balaban J connectivity index is 2.12. The van der Waals surface area contributed by atoms with Gasteiger partial charge in [-0.3, -0.25) is 0 Å². The van der Waals surface area contributed by atoms with E-state index in [9.17, 15) is 0 Å². The molecule has 0 saturated heterocycles. The third kappa shape index (κ3) is 4.32. The number of benzene rings is 1. The molecule has 0 amide bonds. The van der Waals surface area contributed by atoms with E-state index >= 15 is 0 Å². The molecule has 1 N–H and O–H groups in total. The van der Waals surface area contributed by atoms with E-state index in [4.69, 9.17) is 28.5 Å². The fraction of sp³-hybridized carbons (Fsp3) is 0.267. The Morgan fingerprint density at radius 1 is 1.19 bits per heavy atom. The van der Waals surface area contributed by atoms with Crippen LogP contribution in [0, 0.1) is 11.3 Å². The average Bonchev–Trinajstić information content (AvgIpc) is 2.42. The lowest BCUT2D eigenvalue weighted by atomic mass is 9.95. The molecule has 108 valence electrons. The minimum absolute atomic E-state index is 0.277. The number of hydrogen-bond donors (Lipinski definition) is 1. The number of rotatable bonds is 4. The van der Waals surface area contributed by atoms with Crippen LogP contribution in [0.3, 0.4) is 0 Å². The topological polar surface area (TPSA) is 61.6 Å². The van der Waals surface area contributed by atoms with Crippen molar-refractivity contribution in [1.29, 1.82) is 5.26 Å². The molecular weight excluding hydrogens is 307 g/mol. The van der Waals surface area contributed by atoms with E-state index in [1.54, 1.807) is 18.2 Å². The molecule has 0 fully saturated rings. The highest BCUT2D eigenvalue weighted by atomic mass is 35.5. The summed E-state index contributed by atoms with van der Waals surface area (Å²) < 4.78 is 0. The van der Waals surface area contributed by atoms with Crippen molar-refractivity contribution in [1.82, 2.24) is 10.2 Å². The standard InChI is InChI=1S/C15H14Cl2N4/c1-15(2,8-10-3-4-11(16)7-13(10)17)19-14-6-5-12(9-18)20-21-14/h3-7H,8H2,1-2H3,(H,19,21). The fourth-order valence-electron chi connectivity index (χ4n) is 1.99. The second kappa shape index (κ2) is 6.30. The summed E-state index contributed by atoms with van der Waals surface area (Å²) in [6.45, 7) is 4.08. The van der Waals surface area contributed by atoms with Gasteiger partial charge in [0.25, 0.3) is 0 Å². The minimum Gasteiger partial charge on any atom is -0.363 e. The highest BCUT2D eigenvalue weighted by Crippen LogP contribution is 2.26. The lowest BCUT2D eigenvalue weighted by Crippen LogP contribution is -2.34. The number of nitrogens with one attached hydrogen (secondary N) is 1. The van der Waals surface area contributed by atoms with E-state index in [0.29, 0.717) is 28.0 Å². The highest BCUT2D eigenvalue weighted by molar-refractivity contribution is 6.35. The maximum absolute atomic E-state index is 8.71. The zero-order chi connectivity index (χ0) is 15.5. The third-order valence-corrected chi connectivity index (χ3v) is 3.48. The Labute approximate surface area is 133 Å².